The summed E-state index contributed by atoms with van der Waals surface area (Å²) in [5.74, 6) is 2.73. The van der Waals surface area contributed by atoms with Crippen molar-refractivity contribution in [3.05, 3.63) is 35.8 Å². The predicted molar refractivity (Wildman–Crippen MR) is 113 cm³/mol. The van der Waals surface area contributed by atoms with Crippen molar-refractivity contribution < 1.29 is 14.3 Å². The van der Waals surface area contributed by atoms with E-state index in [1.807, 2.05) is 48.7 Å². The molecule has 9 heteroatoms. The Hall–Kier alpha value is -3.36. The number of nitrogens with zero attached hydrogens (tertiary/aromatic N) is 6. The summed E-state index contributed by atoms with van der Waals surface area (Å²) in [7, 11) is 3.49. The standard InChI is InChI=1S/C21H26N6O3/c1-14-19-20(25(3)24-14)21(23-15(2)22-19)27-11-9-26(10-12-27)18(28)13-30-17-8-6-5-7-16(17)29-4/h5-8H,9-13H2,1-4H3. The lowest BCUT2D eigenvalue weighted by atomic mass is 10.2. The fourth-order valence-corrected chi connectivity index (χ4v) is 3.78. The third-order valence-corrected chi connectivity index (χ3v) is 5.30. The van der Waals surface area contributed by atoms with Crippen LogP contribution in [0.5, 0.6) is 11.5 Å². The molecule has 0 unspecified atom stereocenters. The van der Waals surface area contributed by atoms with Crippen molar-refractivity contribution in [2.45, 2.75) is 13.8 Å². The third-order valence-electron chi connectivity index (χ3n) is 5.30. The Morgan fingerprint density at radius 1 is 1.07 bits per heavy atom. The maximum absolute atomic E-state index is 12.6. The van der Waals surface area contributed by atoms with Crippen LogP contribution in [0.1, 0.15) is 11.5 Å². The van der Waals surface area contributed by atoms with E-state index in [1.165, 1.54) is 0 Å². The lowest BCUT2D eigenvalue weighted by Crippen LogP contribution is -2.50. The second-order valence-corrected chi connectivity index (χ2v) is 7.31. The highest BCUT2D eigenvalue weighted by atomic mass is 16.5. The van der Waals surface area contributed by atoms with Gasteiger partial charge >= 0.3 is 0 Å². The van der Waals surface area contributed by atoms with Crippen LogP contribution in [0.2, 0.25) is 0 Å². The molecule has 9 nitrogen and oxygen atoms in total. The Bertz CT molecular complexity index is 1070. The van der Waals surface area contributed by atoms with Gasteiger partial charge in [0.2, 0.25) is 0 Å². The molecular formula is C21H26N6O3. The first kappa shape index (κ1) is 19.9. The number of carbonyl (C=O) groups is 1. The van der Waals surface area contributed by atoms with Gasteiger partial charge < -0.3 is 19.3 Å². The smallest absolute Gasteiger partial charge is 0.260 e. The summed E-state index contributed by atoms with van der Waals surface area (Å²) in [6.45, 7) is 6.43. The number of benzene rings is 1. The van der Waals surface area contributed by atoms with Gasteiger partial charge in [-0.1, -0.05) is 12.1 Å². The Labute approximate surface area is 175 Å². The molecule has 0 aliphatic carbocycles. The topological polar surface area (TPSA) is 85.6 Å². The predicted octanol–water partition coefficient (Wildman–Crippen LogP) is 1.72. The first-order chi connectivity index (χ1) is 14.5. The highest BCUT2D eigenvalue weighted by Gasteiger charge is 2.25. The normalized spacial score (nSPS) is 14.3. The van der Waals surface area contributed by atoms with E-state index in [9.17, 15) is 4.79 Å². The number of fused-ring (bicyclic) bond motifs is 1. The van der Waals surface area contributed by atoms with Crippen LogP contribution >= 0.6 is 0 Å². The van der Waals surface area contributed by atoms with Gasteiger partial charge in [0.25, 0.3) is 5.91 Å². The van der Waals surface area contributed by atoms with Crippen molar-refractivity contribution in [2.75, 3.05) is 44.8 Å². The second kappa shape index (κ2) is 8.17. The van der Waals surface area contributed by atoms with Crippen molar-refractivity contribution in [1.29, 1.82) is 0 Å². The number of ether oxygens (including phenoxy) is 2. The molecule has 1 amide bonds. The molecule has 0 bridgehead atoms. The lowest BCUT2D eigenvalue weighted by Gasteiger charge is -2.35. The number of aryl methyl sites for hydroxylation is 3. The second-order valence-electron chi connectivity index (χ2n) is 7.31. The Balaban J connectivity index is 1.42. The summed E-state index contributed by atoms with van der Waals surface area (Å²) >= 11 is 0. The van der Waals surface area contributed by atoms with Gasteiger partial charge in [-0.15, -0.1) is 0 Å². The molecule has 0 spiro atoms. The van der Waals surface area contributed by atoms with Crippen LogP contribution in [0, 0.1) is 13.8 Å². The van der Waals surface area contributed by atoms with E-state index in [-0.39, 0.29) is 12.5 Å². The van der Waals surface area contributed by atoms with Gasteiger partial charge in [0, 0.05) is 33.2 Å². The number of anilines is 1. The van der Waals surface area contributed by atoms with Gasteiger partial charge in [-0.25, -0.2) is 9.97 Å². The van der Waals surface area contributed by atoms with Crippen molar-refractivity contribution >= 4 is 22.8 Å². The molecule has 2 aromatic heterocycles. The van der Waals surface area contributed by atoms with Crippen molar-refractivity contribution in [3.63, 3.8) is 0 Å². The number of piperazine rings is 1. The van der Waals surface area contributed by atoms with Crippen LogP contribution in [0.25, 0.3) is 11.0 Å². The first-order valence-corrected chi connectivity index (χ1v) is 9.94. The van der Waals surface area contributed by atoms with Crippen LogP contribution in [0.4, 0.5) is 5.82 Å². The molecule has 1 aliphatic heterocycles. The van der Waals surface area contributed by atoms with Gasteiger partial charge in [-0.3, -0.25) is 9.48 Å². The molecule has 1 aromatic carbocycles. The molecule has 0 saturated carbocycles. The number of hydrogen-bond donors (Lipinski definition) is 0. The van der Waals surface area contributed by atoms with Gasteiger partial charge in [0.15, 0.2) is 23.9 Å². The van der Waals surface area contributed by atoms with Crippen LogP contribution in [0.3, 0.4) is 0 Å². The first-order valence-electron chi connectivity index (χ1n) is 9.94. The molecule has 3 aromatic rings. The van der Waals surface area contributed by atoms with Crippen molar-refractivity contribution in [1.82, 2.24) is 24.6 Å². The van der Waals surface area contributed by atoms with Gasteiger partial charge in [-0.05, 0) is 26.0 Å². The molecule has 0 N–H and O–H groups in total. The Morgan fingerprint density at radius 2 is 1.77 bits per heavy atom. The quantitative estimate of drug-likeness (QED) is 0.633. The summed E-state index contributed by atoms with van der Waals surface area (Å²) < 4.78 is 12.8. The minimum Gasteiger partial charge on any atom is -0.493 e. The minimum absolute atomic E-state index is 0.0157. The highest BCUT2D eigenvalue weighted by molar-refractivity contribution is 5.88. The van der Waals surface area contributed by atoms with Gasteiger partial charge in [0.1, 0.15) is 16.9 Å². The zero-order chi connectivity index (χ0) is 21.3. The monoisotopic (exact) mass is 410 g/mol. The van der Waals surface area contributed by atoms with Gasteiger partial charge in [-0.2, -0.15) is 5.10 Å². The zero-order valence-electron chi connectivity index (χ0n) is 17.8. The zero-order valence-corrected chi connectivity index (χ0v) is 17.8. The van der Waals surface area contributed by atoms with E-state index in [1.54, 1.807) is 13.2 Å². The van der Waals surface area contributed by atoms with Crippen molar-refractivity contribution in [3.8, 4) is 11.5 Å². The molecule has 4 rings (SSSR count). The van der Waals surface area contributed by atoms with Gasteiger partial charge in [0.05, 0.1) is 12.8 Å². The minimum atomic E-state index is -0.0408. The number of hydrogen-bond acceptors (Lipinski definition) is 7. The number of amides is 1. The number of rotatable bonds is 5. The molecule has 3 heterocycles. The van der Waals surface area contributed by atoms with E-state index in [0.717, 1.165) is 28.4 Å². The summed E-state index contributed by atoms with van der Waals surface area (Å²) in [5, 5.41) is 4.49. The Morgan fingerprint density at radius 3 is 2.47 bits per heavy atom. The fourth-order valence-electron chi connectivity index (χ4n) is 3.78. The lowest BCUT2D eigenvalue weighted by molar-refractivity contribution is -0.133. The summed E-state index contributed by atoms with van der Waals surface area (Å²) in [4.78, 5) is 25.9. The largest absolute Gasteiger partial charge is 0.493 e. The number of aromatic nitrogens is 4. The molecule has 30 heavy (non-hydrogen) atoms. The van der Waals surface area contributed by atoms with E-state index < -0.39 is 0 Å². The summed E-state index contributed by atoms with van der Waals surface area (Å²) in [6.07, 6.45) is 0. The third kappa shape index (κ3) is 3.74. The molecule has 1 saturated heterocycles. The summed E-state index contributed by atoms with van der Waals surface area (Å²) in [6, 6.07) is 7.32. The molecule has 1 fully saturated rings. The average Bonchev–Trinajstić information content (AvgIpc) is 3.05. The Kier molecular flexibility index (Phi) is 5.43. The molecular weight excluding hydrogens is 384 g/mol. The van der Waals surface area contributed by atoms with Crippen LogP contribution < -0.4 is 14.4 Å². The molecule has 0 radical (unpaired) electrons. The van der Waals surface area contributed by atoms with Crippen LogP contribution in [0.15, 0.2) is 24.3 Å². The molecule has 158 valence electrons. The maximum atomic E-state index is 12.6. The maximum Gasteiger partial charge on any atom is 0.260 e. The highest BCUT2D eigenvalue weighted by Crippen LogP contribution is 2.27. The van der Waals surface area contributed by atoms with E-state index >= 15 is 0 Å². The number of carbonyl (C=O) groups excluding carboxylic acids is 1. The van der Waals surface area contributed by atoms with E-state index in [2.05, 4.69) is 20.0 Å². The SMILES string of the molecule is COc1ccccc1OCC(=O)N1CCN(c2nc(C)nc3c(C)nn(C)c23)CC1. The summed E-state index contributed by atoms with van der Waals surface area (Å²) in [5.41, 5.74) is 2.70. The average molecular weight is 410 g/mol. The number of methoxy groups -OCH3 is 1. The van der Waals surface area contributed by atoms with E-state index in [0.29, 0.717) is 37.7 Å². The number of para-hydroxylation sites is 2. The van der Waals surface area contributed by atoms with Crippen LogP contribution in [-0.2, 0) is 11.8 Å². The molecule has 0 atom stereocenters. The van der Waals surface area contributed by atoms with Crippen molar-refractivity contribution in [2.24, 2.45) is 7.05 Å². The van der Waals surface area contributed by atoms with Crippen LogP contribution in [-0.4, -0.2) is 70.5 Å². The van der Waals surface area contributed by atoms with E-state index in [4.69, 9.17) is 9.47 Å². The fraction of sp³-hybridized carbons (Fsp3) is 0.429. The molecule has 1 aliphatic rings.